The average Bonchev–Trinajstić information content (AvgIpc) is 2.98. The maximum absolute atomic E-state index is 4.51. The van der Waals surface area contributed by atoms with E-state index in [0.29, 0.717) is 0 Å². The van der Waals surface area contributed by atoms with Crippen LogP contribution in [0.1, 0.15) is 12.6 Å². The number of aryl methyl sites for hydroxylation is 2. The van der Waals surface area contributed by atoms with Crippen molar-refractivity contribution in [3.05, 3.63) is 48.4 Å². The fourth-order valence-corrected chi connectivity index (χ4v) is 2.93. The van der Waals surface area contributed by atoms with Crippen LogP contribution in [0.15, 0.2) is 42.7 Å². The largest absolute Gasteiger partial charge is 0.342 e. The highest BCUT2D eigenvalue weighted by Crippen LogP contribution is 2.29. The summed E-state index contributed by atoms with van der Waals surface area (Å²) >= 11 is 0. The van der Waals surface area contributed by atoms with Gasteiger partial charge >= 0.3 is 0 Å². The summed E-state index contributed by atoms with van der Waals surface area (Å²) in [6.07, 6.45) is 5.17. The van der Waals surface area contributed by atoms with Gasteiger partial charge in [-0.1, -0.05) is 25.1 Å². The predicted molar refractivity (Wildman–Crippen MR) is 78.6 cm³/mol. The molecule has 0 bridgehead atoms. The van der Waals surface area contributed by atoms with Gasteiger partial charge in [0.05, 0.1) is 5.52 Å². The number of rotatable bonds is 1. The summed E-state index contributed by atoms with van der Waals surface area (Å²) in [5.41, 5.74) is 4.80. The summed E-state index contributed by atoms with van der Waals surface area (Å²) in [5, 5.41) is 2.57. The first-order chi connectivity index (χ1) is 9.29. The Hall–Kier alpha value is -2.29. The minimum absolute atomic E-state index is 0.997. The van der Waals surface area contributed by atoms with Crippen molar-refractivity contribution in [2.24, 2.45) is 7.05 Å². The van der Waals surface area contributed by atoms with Crippen LogP contribution < -0.4 is 0 Å². The Bertz CT molecular complexity index is 912. The van der Waals surface area contributed by atoms with E-state index >= 15 is 0 Å². The highest BCUT2D eigenvalue weighted by atomic mass is 15.0. The Labute approximate surface area is 111 Å². The minimum Gasteiger partial charge on any atom is -0.342 e. The van der Waals surface area contributed by atoms with Crippen LogP contribution in [0.4, 0.5) is 0 Å². The molecule has 0 fully saturated rings. The lowest BCUT2D eigenvalue weighted by Gasteiger charge is -2.01. The molecule has 0 atom stereocenters. The highest BCUT2D eigenvalue weighted by molar-refractivity contribution is 6.08. The standard InChI is InChI=1S/C16H15N3/c1-3-11-9-17-16-8-13-12-6-4-5-7-14(12)18(2)15(13)10-19(11)16/h4-10H,3H2,1-2H3. The highest BCUT2D eigenvalue weighted by Gasteiger charge is 2.10. The third-order valence-electron chi connectivity index (χ3n) is 3.98. The van der Waals surface area contributed by atoms with Crippen molar-refractivity contribution in [1.82, 2.24) is 14.0 Å². The Balaban J connectivity index is 2.25. The summed E-state index contributed by atoms with van der Waals surface area (Å²) in [4.78, 5) is 4.51. The SMILES string of the molecule is CCc1cnc2cc3c4ccccc4n(C)c3cn12. The summed E-state index contributed by atoms with van der Waals surface area (Å²) in [7, 11) is 2.12. The van der Waals surface area contributed by atoms with Crippen molar-refractivity contribution in [3.63, 3.8) is 0 Å². The smallest absolute Gasteiger partial charge is 0.137 e. The van der Waals surface area contributed by atoms with E-state index in [1.807, 2.05) is 6.20 Å². The second-order valence-electron chi connectivity index (χ2n) is 4.98. The van der Waals surface area contributed by atoms with Gasteiger partial charge in [0.15, 0.2) is 0 Å². The zero-order valence-corrected chi connectivity index (χ0v) is 11.1. The van der Waals surface area contributed by atoms with Crippen molar-refractivity contribution in [2.45, 2.75) is 13.3 Å². The van der Waals surface area contributed by atoms with Crippen LogP contribution in [0.25, 0.3) is 27.5 Å². The summed E-state index contributed by atoms with van der Waals surface area (Å²) in [5.74, 6) is 0. The molecule has 1 aromatic carbocycles. The van der Waals surface area contributed by atoms with Crippen molar-refractivity contribution < 1.29 is 0 Å². The lowest BCUT2D eigenvalue weighted by Crippen LogP contribution is -1.93. The van der Waals surface area contributed by atoms with Crippen molar-refractivity contribution in [1.29, 1.82) is 0 Å². The van der Waals surface area contributed by atoms with Crippen LogP contribution in [0, 0.1) is 0 Å². The molecule has 0 unspecified atom stereocenters. The molecule has 94 valence electrons. The van der Waals surface area contributed by atoms with Crippen LogP contribution in [0.5, 0.6) is 0 Å². The van der Waals surface area contributed by atoms with E-state index in [1.165, 1.54) is 27.5 Å². The fourth-order valence-electron chi connectivity index (χ4n) is 2.93. The zero-order valence-electron chi connectivity index (χ0n) is 11.1. The molecule has 0 aliphatic heterocycles. The molecule has 0 aliphatic carbocycles. The molecule has 4 aromatic rings. The second kappa shape index (κ2) is 3.60. The summed E-state index contributed by atoms with van der Waals surface area (Å²) in [6, 6.07) is 10.7. The maximum atomic E-state index is 4.51. The number of hydrogen-bond acceptors (Lipinski definition) is 1. The number of para-hydroxylation sites is 1. The number of imidazole rings is 1. The van der Waals surface area contributed by atoms with Gasteiger partial charge in [-0.3, -0.25) is 0 Å². The predicted octanol–water partition coefficient (Wildman–Crippen LogP) is 3.54. The van der Waals surface area contributed by atoms with Crippen LogP contribution >= 0.6 is 0 Å². The van der Waals surface area contributed by atoms with Crippen molar-refractivity contribution in [2.75, 3.05) is 0 Å². The second-order valence-corrected chi connectivity index (χ2v) is 4.98. The van der Waals surface area contributed by atoms with Gasteiger partial charge in [-0.15, -0.1) is 0 Å². The molecule has 0 saturated heterocycles. The molecule has 0 aliphatic rings. The number of aromatic nitrogens is 3. The first-order valence-electron chi connectivity index (χ1n) is 6.62. The third-order valence-corrected chi connectivity index (χ3v) is 3.98. The maximum Gasteiger partial charge on any atom is 0.137 e. The molecule has 0 spiro atoms. The lowest BCUT2D eigenvalue weighted by molar-refractivity contribution is 0.973. The number of nitrogens with zero attached hydrogens (tertiary/aromatic N) is 3. The van der Waals surface area contributed by atoms with Gasteiger partial charge < -0.3 is 8.97 Å². The Morgan fingerprint density at radius 1 is 1.11 bits per heavy atom. The molecule has 0 amide bonds. The minimum atomic E-state index is 0.997. The quantitative estimate of drug-likeness (QED) is 0.506. The molecule has 0 N–H and O–H groups in total. The van der Waals surface area contributed by atoms with Crippen molar-refractivity contribution >= 4 is 27.5 Å². The van der Waals surface area contributed by atoms with Crippen LogP contribution in [0.3, 0.4) is 0 Å². The van der Waals surface area contributed by atoms with Gasteiger partial charge in [0.2, 0.25) is 0 Å². The normalized spacial score (nSPS) is 11.9. The molecule has 19 heavy (non-hydrogen) atoms. The van der Waals surface area contributed by atoms with Gasteiger partial charge in [0.25, 0.3) is 0 Å². The molecule has 0 radical (unpaired) electrons. The van der Waals surface area contributed by atoms with E-state index in [0.717, 1.165) is 12.1 Å². The monoisotopic (exact) mass is 249 g/mol. The topological polar surface area (TPSA) is 22.2 Å². The first kappa shape index (κ1) is 10.6. The van der Waals surface area contributed by atoms with E-state index in [-0.39, 0.29) is 0 Å². The van der Waals surface area contributed by atoms with E-state index < -0.39 is 0 Å². The van der Waals surface area contributed by atoms with E-state index in [2.05, 4.69) is 64.5 Å². The lowest BCUT2D eigenvalue weighted by atomic mass is 10.2. The Morgan fingerprint density at radius 2 is 1.95 bits per heavy atom. The zero-order chi connectivity index (χ0) is 13.0. The molecule has 3 aromatic heterocycles. The number of hydrogen-bond donors (Lipinski definition) is 0. The van der Waals surface area contributed by atoms with E-state index in [4.69, 9.17) is 0 Å². The van der Waals surface area contributed by atoms with Gasteiger partial charge in [0, 0.05) is 41.4 Å². The van der Waals surface area contributed by atoms with Crippen LogP contribution in [-0.4, -0.2) is 14.0 Å². The molecule has 3 nitrogen and oxygen atoms in total. The van der Waals surface area contributed by atoms with Crippen molar-refractivity contribution in [3.8, 4) is 0 Å². The first-order valence-corrected chi connectivity index (χ1v) is 6.62. The van der Waals surface area contributed by atoms with Gasteiger partial charge in [-0.2, -0.15) is 0 Å². The number of fused-ring (bicyclic) bond motifs is 4. The fraction of sp³-hybridized carbons (Fsp3) is 0.188. The average molecular weight is 249 g/mol. The molecule has 3 heterocycles. The molecule has 3 heteroatoms. The Morgan fingerprint density at radius 3 is 2.79 bits per heavy atom. The number of benzene rings is 1. The van der Waals surface area contributed by atoms with Gasteiger partial charge in [-0.25, -0.2) is 4.98 Å². The summed E-state index contributed by atoms with van der Waals surface area (Å²) < 4.78 is 4.45. The molecule has 0 saturated carbocycles. The molecular formula is C16H15N3. The van der Waals surface area contributed by atoms with E-state index in [9.17, 15) is 0 Å². The van der Waals surface area contributed by atoms with Crippen LogP contribution in [0.2, 0.25) is 0 Å². The summed E-state index contributed by atoms with van der Waals surface area (Å²) in [6.45, 7) is 2.16. The third kappa shape index (κ3) is 1.30. The number of pyridine rings is 1. The van der Waals surface area contributed by atoms with Gasteiger partial charge in [0.1, 0.15) is 5.65 Å². The van der Waals surface area contributed by atoms with Gasteiger partial charge in [-0.05, 0) is 18.6 Å². The van der Waals surface area contributed by atoms with E-state index in [1.54, 1.807) is 0 Å². The molecule has 4 rings (SSSR count). The Kier molecular flexibility index (Phi) is 2.01. The molecular weight excluding hydrogens is 234 g/mol. The van der Waals surface area contributed by atoms with Crippen LogP contribution in [-0.2, 0) is 13.5 Å².